The van der Waals surface area contributed by atoms with Crippen LogP contribution in [0.25, 0.3) is 10.9 Å². The zero-order chi connectivity index (χ0) is 19.7. The number of carbonyl (C=O) groups is 2. The summed E-state index contributed by atoms with van der Waals surface area (Å²) in [5.74, 6) is -2.65. The fourth-order valence-corrected chi connectivity index (χ4v) is 3.04. The number of rotatable bonds is 6. The van der Waals surface area contributed by atoms with Crippen LogP contribution >= 0.6 is 0 Å². The van der Waals surface area contributed by atoms with Crippen molar-refractivity contribution in [2.75, 3.05) is 7.11 Å². The van der Waals surface area contributed by atoms with E-state index in [0.29, 0.717) is 22.0 Å². The summed E-state index contributed by atoms with van der Waals surface area (Å²) in [5, 5.41) is 20.7. The first-order valence-electron chi connectivity index (χ1n) is 7.79. The van der Waals surface area contributed by atoms with E-state index in [2.05, 4.69) is 4.98 Å². The maximum atomic E-state index is 12.3. The highest BCUT2D eigenvalue weighted by atomic mass is 16.6. The predicted octanol–water partition coefficient (Wildman–Crippen LogP) is 2.40. The second-order valence-corrected chi connectivity index (χ2v) is 5.83. The molecule has 2 aromatic carbocycles. The van der Waals surface area contributed by atoms with Crippen LogP contribution in [0.2, 0.25) is 0 Å². The number of nitro benzene ring substituents is 1. The molecule has 0 aliphatic heterocycles. The van der Waals surface area contributed by atoms with Crippen LogP contribution in [0.4, 0.5) is 5.69 Å². The Morgan fingerprint density at radius 2 is 1.96 bits per heavy atom. The number of hydrogen-bond acceptors (Lipinski definition) is 5. The molecule has 4 N–H and O–H groups in total. The Hall–Kier alpha value is -3.88. The monoisotopic (exact) mass is 369 g/mol. The molecule has 3 aromatic rings. The van der Waals surface area contributed by atoms with Gasteiger partial charge in [-0.3, -0.25) is 14.9 Å². The number of aromatic amines is 1. The highest BCUT2D eigenvalue weighted by Gasteiger charge is 2.27. The van der Waals surface area contributed by atoms with E-state index in [0.717, 1.165) is 0 Å². The van der Waals surface area contributed by atoms with Crippen LogP contribution < -0.4 is 10.5 Å². The third kappa shape index (κ3) is 3.17. The number of nitrogens with one attached hydrogen (secondary N) is 1. The Morgan fingerprint density at radius 1 is 1.22 bits per heavy atom. The van der Waals surface area contributed by atoms with Gasteiger partial charge in [-0.15, -0.1) is 0 Å². The molecule has 1 aromatic heterocycles. The number of non-ortho nitro benzene ring substituents is 1. The minimum absolute atomic E-state index is 0.00613. The zero-order valence-corrected chi connectivity index (χ0v) is 14.1. The number of aromatic nitrogens is 1. The number of fused-ring (bicyclic) bond motifs is 1. The first kappa shape index (κ1) is 17.9. The smallest absolute Gasteiger partial charge is 0.335 e. The molecule has 27 heavy (non-hydrogen) atoms. The van der Waals surface area contributed by atoms with E-state index in [1.807, 2.05) is 0 Å². The minimum Gasteiger partial charge on any atom is -0.496 e. The van der Waals surface area contributed by atoms with Gasteiger partial charge in [-0.05, 0) is 23.8 Å². The normalized spacial score (nSPS) is 11.9. The van der Waals surface area contributed by atoms with Crippen LogP contribution in [0.3, 0.4) is 0 Å². The lowest BCUT2D eigenvalue weighted by atomic mass is 9.89. The number of nitrogens with two attached hydrogens (primary N) is 1. The number of carboxylic acid groups (broad SMARTS) is 1. The lowest BCUT2D eigenvalue weighted by molar-refractivity contribution is -0.384. The topological polar surface area (TPSA) is 149 Å². The van der Waals surface area contributed by atoms with E-state index in [1.54, 1.807) is 12.3 Å². The number of nitro groups is 1. The number of methoxy groups -OCH3 is 1. The molecule has 0 aliphatic carbocycles. The van der Waals surface area contributed by atoms with Gasteiger partial charge in [-0.25, -0.2) is 4.79 Å². The number of H-pyrrole nitrogens is 1. The molecule has 0 aliphatic rings. The van der Waals surface area contributed by atoms with Crippen molar-refractivity contribution >= 4 is 28.5 Å². The molecule has 0 radical (unpaired) electrons. The van der Waals surface area contributed by atoms with Gasteiger partial charge in [0, 0.05) is 34.8 Å². The fourth-order valence-electron chi connectivity index (χ4n) is 3.04. The SMILES string of the molecule is COc1cc(C(=O)O)ccc1C(C(N)=O)c1c[nH]c2ccc([N+](=O)[O-])cc12. The van der Waals surface area contributed by atoms with Crippen LogP contribution in [-0.4, -0.2) is 34.0 Å². The quantitative estimate of drug-likeness (QED) is 0.449. The van der Waals surface area contributed by atoms with E-state index < -0.39 is 22.7 Å². The first-order chi connectivity index (χ1) is 12.8. The van der Waals surface area contributed by atoms with Crippen molar-refractivity contribution in [3.05, 3.63) is 69.4 Å². The van der Waals surface area contributed by atoms with Gasteiger partial charge in [0.25, 0.3) is 5.69 Å². The molecular weight excluding hydrogens is 354 g/mol. The zero-order valence-electron chi connectivity index (χ0n) is 14.1. The van der Waals surface area contributed by atoms with E-state index in [-0.39, 0.29) is 17.0 Å². The molecule has 9 nitrogen and oxygen atoms in total. The molecule has 3 rings (SSSR count). The Labute approximate surface area is 152 Å². The van der Waals surface area contributed by atoms with Gasteiger partial charge >= 0.3 is 5.97 Å². The molecule has 1 amide bonds. The van der Waals surface area contributed by atoms with Gasteiger partial charge < -0.3 is 20.6 Å². The molecular formula is C18H15N3O6. The lowest BCUT2D eigenvalue weighted by Crippen LogP contribution is -2.23. The highest BCUT2D eigenvalue weighted by Crippen LogP contribution is 2.37. The molecule has 0 spiro atoms. The van der Waals surface area contributed by atoms with Crippen molar-refractivity contribution in [1.82, 2.24) is 4.98 Å². The summed E-state index contributed by atoms with van der Waals surface area (Å²) < 4.78 is 5.25. The summed E-state index contributed by atoms with van der Waals surface area (Å²) in [6, 6.07) is 8.34. The van der Waals surface area contributed by atoms with Crippen molar-refractivity contribution in [1.29, 1.82) is 0 Å². The standard InChI is InChI=1S/C18H15N3O6/c1-27-15-6-9(18(23)24)2-4-11(15)16(17(19)22)13-8-20-14-5-3-10(21(25)26)7-12(13)14/h2-8,16,20H,1H3,(H2,19,22)(H,23,24). The number of hydrogen-bond donors (Lipinski definition) is 3. The second kappa shape index (κ2) is 6.79. The van der Waals surface area contributed by atoms with Crippen LogP contribution in [0, 0.1) is 10.1 Å². The van der Waals surface area contributed by atoms with Crippen LogP contribution in [0.15, 0.2) is 42.6 Å². The molecule has 0 fully saturated rings. The number of carboxylic acids is 1. The number of benzene rings is 2. The summed E-state index contributed by atoms with van der Waals surface area (Å²) >= 11 is 0. The molecule has 138 valence electrons. The number of carbonyl (C=O) groups excluding carboxylic acids is 1. The van der Waals surface area contributed by atoms with Gasteiger partial charge in [-0.2, -0.15) is 0 Å². The maximum Gasteiger partial charge on any atom is 0.335 e. The summed E-state index contributed by atoms with van der Waals surface area (Å²) in [6.45, 7) is 0. The third-order valence-electron chi connectivity index (χ3n) is 4.30. The predicted molar refractivity (Wildman–Crippen MR) is 95.9 cm³/mol. The second-order valence-electron chi connectivity index (χ2n) is 5.83. The summed E-state index contributed by atoms with van der Waals surface area (Å²) in [7, 11) is 1.35. The van der Waals surface area contributed by atoms with E-state index in [9.17, 15) is 19.7 Å². The Kier molecular flexibility index (Phi) is 4.51. The fraction of sp³-hybridized carbons (Fsp3) is 0.111. The lowest BCUT2D eigenvalue weighted by Gasteiger charge is -2.17. The van der Waals surface area contributed by atoms with Crippen LogP contribution in [0.5, 0.6) is 5.75 Å². The van der Waals surface area contributed by atoms with Crippen molar-refractivity contribution in [3.8, 4) is 5.75 Å². The average Bonchev–Trinajstić information content (AvgIpc) is 3.04. The Bertz CT molecular complexity index is 1070. The van der Waals surface area contributed by atoms with Gasteiger partial charge in [0.05, 0.1) is 23.5 Å². The number of aromatic carboxylic acids is 1. The van der Waals surface area contributed by atoms with E-state index >= 15 is 0 Å². The Balaban J connectivity index is 2.22. The maximum absolute atomic E-state index is 12.3. The number of amides is 1. The van der Waals surface area contributed by atoms with Crippen LogP contribution in [-0.2, 0) is 4.79 Å². The first-order valence-corrected chi connectivity index (χ1v) is 7.79. The van der Waals surface area contributed by atoms with Crippen molar-refractivity contribution < 1.29 is 24.4 Å². The largest absolute Gasteiger partial charge is 0.496 e. The van der Waals surface area contributed by atoms with Gasteiger partial charge in [-0.1, -0.05) is 6.07 Å². The van der Waals surface area contributed by atoms with Crippen molar-refractivity contribution in [2.45, 2.75) is 5.92 Å². The molecule has 0 bridgehead atoms. The molecule has 0 saturated carbocycles. The minimum atomic E-state index is -1.14. The molecule has 1 atom stereocenters. The molecule has 9 heteroatoms. The highest BCUT2D eigenvalue weighted by molar-refractivity contribution is 5.95. The summed E-state index contributed by atoms with van der Waals surface area (Å²) in [5.41, 5.74) is 6.88. The third-order valence-corrected chi connectivity index (χ3v) is 4.30. The van der Waals surface area contributed by atoms with Gasteiger partial charge in [0.2, 0.25) is 5.91 Å². The van der Waals surface area contributed by atoms with Crippen LogP contribution in [0.1, 0.15) is 27.4 Å². The molecule has 0 saturated heterocycles. The molecule has 1 unspecified atom stereocenters. The van der Waals surface area contributed by atoms with E-state index in [4.69, 9.17) is 15.6 Å². The summed E-state index contributed by atoms with van der Waals surface area (Å²) in [4.78, 5) is 36.9. The number of primary amides is 1. The van der Waals surface area contributed by atoms with Crippen molar-refractivity contribution in [2.24, 2.45) is 5.73 Å². The van der Waals surface area contributed by atoms with Gasteiger partial charge in [0.1, 0.15) is 5.75 Å². The average molecular weight is 369 g/mol. The van der Waals surface area contributed by atoms with E-state index in [1.165, 1.54) is 37.4 Å². The number of ether oxygens (including phenoxy) is 1. The van der Waals surface area contributed by atoms with Gasteiger partial charge in [0.15, 0.2) is 0 Å². The van der Waals surface area contributed by atoms with Crippen molar-refractivity contribution in [3.63, 3.8) is 0 Å². The Morgan fingerprint density at radius 3 is 2.56 bits per heavy atom. The summed E-state index contributed by atoms with van der Waals surface area (Å²) in [6.07, 6.45) is 1.55. The molecule has 1 heterocycles. The number of nitrogens with zero attached hydrogens (tertiary/aromatic N) is 1.